The predicted octanol–water partition coefficient (Wildman–Crippen LogP) is 3.39. The fourth-order valence-electron chi connectivity index (χ4n) is 2.93. The molecular weight excluding hydrogens is 396 g/mol. The molecule has 2 aromatic carbocycles. The van der Waals surface area contributed by atoms with Crippen LogP contribution in [0.25, 0.3) is 0 Å². The van der Waals surface area contributed by atoms with Gasteiger partial charge in [0, 0.05) is 17.3 Å². The van der Waals surface area contributed by atoms with Crippen LogP contribution in [0.2, 0.25) is 5.02 Å². The number of benzene rings is 2. The molecule has 0 spiro atoms. The topological polar surface area (TPSA) is 92.8 Å². The van der Waals surface area contributed by atoms with E-state index in [1.165, 1.54) is 23.1 Å². The van der Waals surface area contributed by atoms with Gasteiger partial charge in [-0.25, -0.2) is 4.79 Å². The minimum Gasteiger partial charge on any atom is -0.452 e. The number of esters is 1. The average Bonchev–Trinajstić information content (AvgIpc) is 2.90. The van der Waals surface area contributed by atoms with Crippen molar-refractivity contribution < 1.29 is 23.9 Å². The van der Waals surface area contributed by atoms with Crippen LogP contribution in [0.15, 0.2) is 42.5 Å². The summed E-state index contributed by atoms with van der Waals surface area (Å²) in [6.07, 6.45) is 0. The zero-order valence-electron chi connectivity index (χ0n) is 15.9. The lowest BCUT2D eigenvalue weighted by Crippen LogP contribution is -2.33. The number of anilines is 1. The maximum Gasteiger partial charge on any atom is 0.338 e. The van der Waals surface area contributed by atoms with Gasteiger partial charge in [0.1, 0.15) is 0 Å². The smallest absolute Gasteiger partial charge is 0.338 e. The first-order valence-electron chi connectivity index (χ1n) is 8.99. The van der Waals surface area contributed by atoms with Crippen molar-refractivity contribution in [2.75, 3.05) is 18.5 Å². The number of hydrogen-bond acceptors (Lipinski definition) is 5. The highest BCUT2D eigenvalue weighted by Gasteiger charge is 2.36. The summed E-state index contributed by atoms with van der Waals surface area (Å²) in [5.41, 5.74) is 0.983. The van der Waals surface area contributed by atoms with Crippen LogP contribution in [-0.2, 0) is 9.53 Å². The van der Waals surface area contributed by atoms with E-state index >= 15 is 0 Å². The molecule has 0 radical (unpaired) electrons. The van der Waals surface area contributed by atoms with Gasteiger partial charge in [-0.15, -0.1) is 0 Å². The van der Waals surface area contributed by atoms with Gasteiger partial charge in [0.15, 0.2) is 6.61 Å². The molecule has 0 bridgehead atoms. The highest BCUT2D eigenvalue weighted by atomic mass is 35.5. The Labute approximate surface area is 172 Å². The molecule has 0 saturated heterocycles. The maximum atomic E-state index is 12.5. The second-order valence-corrected chi connectivity index (χ2v) is 7.45. The summed E-state index contributed by atoms with van der Waals surface area (Å²) in [5.74, 6) is -1.99. The Bertz CT molecular complexity index is 1000. The molecule has 29 heavy (non-hydrogen) atoms. The van der Waals surface area contributed by atoms with Crippen LogP contribution in [0.1, 0.15) is 44.9 Å². The number of rotatable bonds is 6. The lowest BCUT2D eigenvalue weighted by Gasteiger charge is -2.15. The van der Waals surface area contributed by atoms with Gasteiger partial charge < -0.3 is 10.1 Å². The highest BCUT2D eigenvalue weighted by molar-refractivity contribution is 6.30. The zero-order chi connectivity index (χ0) is 21.1. The first kappa shape index (κ1) is 20.5. The Morgan fingerprint density at radius 1 is 1.07 bits per heavy atom. The molecule has 3 amide bonds. The van der Waals surface area contributed by atoms with Crippen LogP contribution in [0.5, 0.6) is 0 Å². The van der Waals surface area contributed by atoms with Crippen LogP contribution in [0.3, 0.4) is 0 Å². The Morgan fingerprint density at radius 3 is 2.48 bits per heavy atom. The fourth-order valence-corrected chi connectivity index (χ4v) is 3.12. The average molecular weight is 415 g/mol. The van der Waals surface area contributed by atoms with Crippen molar-refractivity contribution in [1.29, 1.82) is 0 Å². The quantitative estimate of drug-likeness (QED) is 0.577. The highest BCUT2D eigenvalue weighted by Crippen LogP contribution is 2.25. The van der Waals surface area contributed by atoms with Gasteiger partial charge in [0.2, 0.25) is 0 Å². The molecule has 3 rings (SSSR count). The van der Waals surface area contributed by atoms with Gasteiger partial charge in [0.25, 0.3) is 17.7 Å². The second kappa shape index (κ2) is 8.45. The molecule has 0 saturated carbocycles. The Hall–Kier alpha value is -3.19. The molecular formula is C21H19ClN2O5. The van der Waals surface area contributed by atoms with E-state index in [2.05, 4.69) is 5.32 Å². The summed E-state index contributed by atoms with van der Waals surface area (Å²) in [7, 11) is 0. The van der Waals surface area contributed by atoms with Crippen molar-refractivity contribution in [2.24, 2.45) is 5.92 Å². The summed E-state index contributed by atoms with van der Waals surface area (Å²) in [5, 5.41) is 3.02. The van der Waals surface area contributed by atoms with Crippen molar-refractivity contribution in [3.05, 3.63) is 64.2 Å². The third kappa shape index (κ3) is 4.63. The van der Waals surface area contributed by atoms with Gasteiger partial charge in [-0.2, -0.15) is 0 Å². The van der Waals surface area contributed by atoms with Crippen molar-refractivity contribution in [3.63, 3.8) is 0 Å². The van der Waals surface area contributed by atoms with E-state index < -0.39 is 24.4 Å². The lowest BCUT2D eigenvalue weighted by atomic mass is 10.1. The van der Waals surface area contributed by atoms with E-state index in [1.54, 1.807) is 24.3 Å². The molecule has 1 heterocycles. The van der Waals surface area contributed by atoms with Crippen molar-refractivity contribution in [1.82, 2.24) is 4.90 Å². The standard InChI is InChI=1S/C21H19ClN2O5/c1-12(2)10-24-19(26)16-7-6-13(8-17(16)20(24)27)21(28)29-11-18(25)23-15-5-3-4-14(22)9-15/h3-9,12H,10-11H2,1-2H3,(H,23,25). The summed E-state index contributed by atoms with van der Waals surface area (Å²) in [6, 6.07) is 10.7. The van der Waals surface area contributed by atoms with Gasteiger partial charge >= 0.3 is 5.97 Å². The van der Waals surface area contributed by atoms with Gasteiger partial charge in [-0.05, 0) is 42.3 Å². The molecule has 1 aliphatic heterocycles. The monoisotopic (exact) mass is 414 g/mol. The SMILES string of the molecule is CC(C)CN1C(=O)c2ccc(C(=O)OCC(=O)Nc3cccc(Cl)c3)cc2C1=O. The minimum absolute atomic E-state index is 0.0897. The summed E-state index contributed by atoms with van der Waals surface area (Å²) >= 11 is 5.85. The van der Waals surface area contributed by atoms with E-state index in [1.807, 2.05) is 13.8 Å². The number of carbonyl (C=O) groups is 4. The lowest BCUT2D eigenvalue weighted by molar-refractivity contribution is -0.119. The minimum atomic E-state index is -0.767. The molecule has 0 aliphatic carbocycles. The molecule has 150 valence electrons. The number of nitrogens with zero attached hydrogens (tertiary/aromatic N) is 1. The number of imide groups is 1. The predicted molar refractivity (Wildman–Crippen MR) is 107 cm³/mol. The van der Waals surface area contributed by atoms with Gasteiger partial charge in [-0.1, -0.05) is 31.5 Å². The fraction of sp³-hybridized carbons (Fsp3) is 0.238. The molecule has 0 aromatic heterocycles. The van der Waals surface area contributed by atoms with Crippen molar-refractivity contribution in [2.45, 2.75) is 13.8 Å². The number of hydrogen-bond donors (Lipinski definition) is 1. The van der Waals surface area contributed by atoms with Gasteiger partial charge in [0.05, 0.1) is 16.7 Å². The molecule has 0 fully saturated rings. The molecule has 0 atom stereocenters. The van der Waals surface area contributed by atoms with Gasteiger partial charge in [-0.3, -0.25) is 19.3 Å². The summed E-state index contributed by atoms with van der Waals surface area (Å²) in [6.45, 7) is 3.60. The van der Waals surface area contributed by atoms with Crippen LogP contribution >= 0.6 is 11.6 Å². The number of amides is 3. The summed E-state index contributed by atoms with van der Waals surface area (Å²) in [4.78, 5) is 50.2. The summed E-state index contributed by atoms with van der Waals surface area (Å²) < 4.78 is 5.01. The maximum absolute atomic E-state index is 12.5. The third-order valence-corrected chi connectivity index (χ3v) is 4.43. The Balaban J connectivity index is 1.64. The van der Waals surface area contributed by atoms with Crippen molar-refractivity contribution in [3.8, 4) is 0 Å². The normalized spacial score (nSPS) is 12.9. The molecule has 8 heteroatoms. The zero-order valence-corrected chi connectivity index (χ0v) is 16.7. The molecule has 7 nitrogen and oxygen atoms in total. The van der Waals surface area contributed by atoms with Crippen molar-refractivity contribution >= 4 is 41.0 Å². The molecule has 0 unspecified atom stereocenters. The van der Waals surface area contributed by atoms with E-state index in [9.17, 15) is 19.2 Å². The number of nitrogens with one attached hydrogen (secondary N) is 1. The van der Waals surface area contributed by atoms with Crippen LogP contribution in [0, 0.1) is 5.92 Å². The number of fused-ring (bicyclic) bond motifs is 1. The first-order chi connectivity index (χ1) is 13.8. The largest absolute Gasteiger partial charge is 0.452 e. The Kier molecular flexibility index (Phi) is 5.98. The van der Waals surface area contributed by atoms with E-state index in [0.29, 0.717) is 17.3 Å². The van der Waals surface area contributed by atoms with E-state index in [4.69, 9.17) is 16.3 Å². The molecule has 1 aliphatic rings. The number of ether oxygens (including phenoxy) is 1. The van der Waals surface area contributed by atoms with Crippen LogP contribution < -0.4 is 5.32 Å². The van der Waals surface area contributed by atoms with E-state index in [0.717, 1.165) is 0 Å². The number of halogens is 1. The molecule has 2 aromatic rings. The molecule has 1 N–H and O–H groups in total. The van der Waals surface area contributed by atoms with E-state index in [-0.39, 0.29) is 28.5 Å². The first-order valence-corrected chi connectivity index (χ1v) is 9.37. The second-order valence-electron chi connectivity index (χ2n) is 7.01. The van der Waals surface area contributed by atoms with Crippen LogP contribution in [-0.4, -0.2) is 41.7 Å². The third-order valence-electron chi connectivity index (χ3n) is 4.20. The number of carbonyl (C=O) groups excluding carboxylic acids is 4. The Morgan fingerprint density at radius 2 is 1.79 bits per heavy atom. The van der Waals surface area contributed by atoms with Crippen LogP contribution in [0.4, 0.5) is 5.69 Å².